The molecule has 0 saturated carbocycles. The number of aryl methyl sites for hydroxylation is 2. The predicted molar refractivity (Wildman–Crippen MR) is 113 cm³/mol. The lowest BCUT2D eigenvalue weighted by atomic mass is 9.93. The Balaban J connectivity index is 1.66. The molecule has 2 N–H and O–H groups in total. The minimum atomic E-state index is -0.443. The second-order valence-corrected chi connectivity index (χ2v) is 8.38. The van der Waals surface area contributed by atoms with Crippen molar-refractivity contribution in [2.75, 3.05) is 13.2 Å². The number of carbonyl (C=O) groups excluding carboxylic acids is 1. The third kappa shape index (κ3) is 3.29. The first-order valence-corrected chi connectivity index (χ1v) is 10.5. The number of phenolic OH excluding ortho intramolecular Hbond substituents is 1. The maximum absolute atomic E-state index is 13.6. The zero-order valence-electron chi connectivity index (χ0n) is 17.5. The highest BCUT2D eigenvalue weighted by Crippen LogP contribution is 2.45. The molecule has 2 aromatic carbocycles. The van der Waals surface area contributed by atoms with Crippen LogP contribution in [0.25, 0.3) is 11.3 Å². The highest BCUT2D eigenvalue weighted by atomic mass is 19.1. The lowest BCUT2D eigenvalue weighted by Crippen LogP contribution is -2.36. The molecular weight excluding hydrogens is 397 g/mol. The largest absolute Gasteiger partial charge is 0.507 e. The van der Waals surface area contributed by atoms with Crippen LogP contribution in [0.15, 0.2) is 36.4 Å². The van der Waals surface area contributed by atoms with E-state index < -0.39 is 6.04 Å². The number of benzene rings is 2. The second kappa shape index (κ2) is 7.50. The fourth-order valence-corrected chi connectivity index (χ4v) is 4.83. The van der Waals surface area contributed by atoms with Gasteiger partial charge in [-0.25, -0.2) is 4.39 Å². The van der Waals surface area contributed by atoms with Gasteiger partial charge in [-0.1, -0.05) is 18.2 Å². The Morgan fingerprint density at radius 1 is 1.26 bits per heavy atom. The summed E-state index contributed by atoms with van der Waals surface area (Å²) in [5.41, 5.74) is 4.85. The number of aromatic nitrogens is 2. The summed E-state index contributed by atoms with van der Waals surface area (Å²) in [7, 11) is 0. The van der Waals surface area contributed by atoms with Crippen LogP contribution in [-0.4, -0.2) is 45.4 Å². The number of aromatic amines is 1. The number of nitrogens with one attached hydrogen (secondary N) is 1. The Labute approximate surface area is 179 Å². The first kappa shape index (κ1) is 19.8. The third-order valence-corrected chi connectivity index (χ3v) is 6.17. The monoisotopic (exact) mass is 421 g/mol. The van der Waals surface area contributed by atoms with E-state index in [1.54, 1.807) is 23.1 Å². The Morgan fingerprint density at radius 3 is 2.71 bits per heavy atom. The number of amides is 1. The summed E-state index contributed by atoms with van der Waals surface area (Å²) in [4.78, 5) is 15.1. The molecule has 2 unspecified atom stereocenters. The fourth-order valence-electron chi connectivity index (χ4n) is 4.83. The molecule has 31 heavy (non-hydrogen) atoms. The minimum absolute atomic E-state index is 0.0261. The molecule has 1 fully saturated rings. The van der Waals surface area contributed by atoms with Gasteiger partial charge in [-0.05, 0) is 61.6 Å². The number of fused-ring (bicyclic) bond motifs is 1. The summed E-state index contributed by atoms with van der Waals surface area (Å²) in [5.74, 6) is -0.379. The van der Waals surface area contributed by atoms with Gasteiger partial charge in [0.15, 0.2) is 0 Å². The highest BCUT2D eigenvalue weighted by Gasteiger charge is 2.43. The molecule has 2 aliphatic rings. The normalized spacial score (nSPS) is 20.5. The van der Waals surface area contributed by atoms with Crippen LogP contribution in [-0.2, 0) is 4.74 Å². The predicted octanol–water partition coefficient (Wildman–Crippen LogP) is 4.26. The number of hydrogen-bond acceptors (Lipinski definition) is 4. The van der Waals surface area contributed by atoms with Crippen LogP contribution in [0.1, 0.15) is 51.6 Å². The molecule has 2 aliphatic heterocycles. The van der Waals surface area contributed by atoms with E-state index >= 15 is 0 Å². The molecular formula is C24H24FN3O3. The van der Waals surface area contributed by atoms with Crippen molar-refractivity contribution in [2.24, 2.45) is 0 Å². The van der Waals surface area contributed by atoms with Gasteiger partial charge in [0.1, 0.15) is 23.0 Å². The van der Waals surface area contributed by atoms with Crippen molar-refractivity contribution in [3.8, 4) is 17.0 Å². The van der Waals surface area contributed by atoms with Gasteiger partial charge in [-0.2, -0.15) is 5.10 Å². The van der Waals surface area contributed by atoms with Crippen molar-refractivity contribution < 1.29 is 19.0 Å². The van der Waals surface area contributed by atoms with Crippen molar-refractivity contribution in [2.45, 2.75) is 38.8 Å². The van der Waals surface area contributed by atoms with Crippen LogP contribution in [0.5, 0.6) is 5.75 Å². The van der Waals surface area contributed by atoms with Crippen molar-refractivity contribution in [1.82, 2.24) is 15.1 Å². The lowest BCUT2D eigenvalue weighted by molar-refractivity contribution is 0.0495. The van der Waals surface area contributed by atoms with E-state index in [1.165, 1.54) is 12.1 Å². The topological polar surface area (TPSA) is 78.5 Å². The van der Waals surface area contributed by atoms with Crippen molar-refractivity contribution in [3.63, 3.8) is 0 Å². The molecule has 0 spiro atoms. The molecule has 6 nitrogen and oxygen atoms in total. The summed E-state index contributed by atoms with van der Waals surface area (Å²) in [6.45, 7) is 4.97. The van der Waals surface area contributed by atoms with Crippen molar-refractivity contribution in [3.05, 3.63) is 70.2 Å². The number of hydrogen-bond donors (Lipinski definition) is 2. The van der Waals surface area contributed by atoms with Crippen LogP contribution in [0.3, 0.4) is 0 Å². The average molecular weight is 421 g/mol. The molecule has 1 amide bonds. The van der Waals surface area contributed by atoms with E-state index in [2.05, 4.69) is 10.2 Å². The lowest BCUT2D eigenvalue weighted by Gasteiger charge is -2.28. The van der Waals surface area contributed by atoms with E-state index in [1.807, 2.05) is 19.9 Å². The van der Waals surface area contributed by atoms with Gasteiger partial charge < -0.3 is 14.7 Å². The molecule has 5 rings (SSSR count). The molecule has 3 heterocycles. The van der Waals surface area contributed by atoms with Gasteiger partial charge in [-0.3, -0.25) is 9.89 Å². The van der Waals surface area contributed by atoms with Crippen LogP contribution in [0.2, 0.25) is 0 Å². The zero-order valence-corrected chi connectivity index (χ0v) is 17.5. The summed E-state index contributed by atoms with van der Waals surface area (Å²) < 4.78 is 19.4. The Morgan fingerprint density at radius 2 is 2.03 bits per heavy atom. The Bertz CT molecular complexity index is 1130. The van der Waals surface area contributed by atoms with Crippen LogP contribution < -0.4 is 0 Å². The molecule has 3 aromatic rings. The molecule has 1 aromatic heterocycles. The number of halogens is 1. The van der Waals surface area contributed by atoms with E-state index in [-0.39, 0.29) is 23.6 Å². The van der Waals surface area contributed by atoms with E-state index in [4.69, 9.17) is 4.74 Å². The highest BCUT2D eigenvalue weighted by molar-refractivity contribution is 6.00. The van der Waals surface area contributed by atoms with Gasteiger partial charge in [0.2, 0.25) is 0 Å². The average Bonchev–Trinajstić information content (AvgIpc) is 3.43. The van der Waals surface area contributed by atoms with Gasteiger partial charge in [0, 0.05) is 24.3 Å². The third-order valence-electron chi connectivity index (χ3n) is 6.17. The first-order chi connectivity index (χ1) is 14.9. The number of aromatic hydroxyl groups is 1. The minimum Gasteiger partial charge on any atom is -0.507 e. The van der Waals surface area contributed by atoms with Crippen LogP contribution in [0.4, 0.5) is 4.39 Å². The van der Waals surface area contributed by atoms with Crippen molar-refractivity contribution in [1.29, 1.82) is 0 Å². The summed E-state index contributed by atoms with van der Waals surface area (Å²) in [6, 6.07) is 9.42. The van der Waals surface area contributed by atoms with E-state index in [0.717, 1.165) is 29.5 Å². The molecule has 0 radical (unpaired) electrons. The maximum atomic E-state index is 13.6. The van der Waals surface area contributed by atoms with Gasteiger partial charge in [-0.15, -0.1) is 0 Å². The maximum Gasteiger partial charge on any atom is 0.273 e. The summed E-state index contributed by atoms with van der Waals surface area (Å²) in [6.07, 6.45) is 1.85. The quantitative estimate of drug-likeness (QED) is 0.660. The number of rotatable bonds is 4. The van der Waals surface area contributed by atoms with E-state index in [0.29, 0.717) is 35.7 Å². The summed E-state index contributed by atoms with van der Waals surface area (Å²) >= 11 is 0. The number of phenols is 1. The van der Waals surface area contributed by atoms with Gasteiger partial charge in [0.25, 0.3) is 5.91 Å². The molecule has 7 heteroatoms. The van der Waals surface area contributed by atoms with Crippen LogP contribution >= 0.6 is 0 Å². The first-order valence-electron chi connectivity index (χ1n) is 10.5. The molecule has 0 aliphatic carbocycles. The Hall–Kier alpha value is -3.19. The SMILES string of the molecule is Cc1cc(C)c(-c2n[nH]c3c2C(c2ccc(F)cc2)N(CC2CCCO2)C3=O)c(O)c1. The van der Waals surface area contributed by atoms with Crippen LogP contribution in [0, 0.1) is 19.7 Å². The molecule has 1 saturated heterocycles. The molecule has 0 bridgehead atoms. The fraction of sp³-hybridized carbons (Fsp3) is 0.333. The standard InChI is InChI=1S/C24H24FN3O3/c1-13-10-14(2)19(18(29)11-13)21-20-22(27-26-21)24(30)28(12-17-4-3-9-31-17)23(20)15-5-7-16(25)8-6-15/h5-8,10-11,17,23,29H,3-4,9,12H2,1-2H3,(H,26,27). The number of ether oxygens (including phenoxy) is 1. The van der Waals surface area contributed by atoms with Gasteiger partial charge in [0.05, 0.1) is 12.1 Å². The second-order valence-electron chi connectivity index (χ2n) is 8.38. The molecule has 160 valence electrons. The van der Waals surface area contributed by atoms with Crippen molar-refractivity contribution >= 4 is 5.91 Å². The number of nitrogens with zero attached hydrogens (tertiary/aromatic N) is 2. The van der Waals surface area contributed by atoms with Gasteiger partial charge >= 0.3 is 0 Å². The zero-order chi connectivity index (χ0) is 21.7. The number of H-pyrrole nitrogens is 1. The summed E-state index contributed by atoms with van der Waals surface area (Å²) in [5, 5.41) is 18.0. The Kier molecular flexibility index (Phi) is 4.78. The van der Waals surface area contributed by atoms with E-state index in [9.17, 15) is 14.3 Å². The molecule has 2 atom stereocenters. The smallest absolute Gasteiger partial charge is 0.273 e. The number of carbonyl (C=O) groups is 1.